The molecule has 1 rings (SSSR count). The number of para-hydroxylation sites is 1. The van der Waals surface area contributed by atoms with Crippen LogP contribution in [0, 0.1) is 0 Å². The molecule has 0 aliphatic carbocycles. The predicted octanol–water partition coefficient (Wildman–Crippen LogP) is 1.56. The van der Waals surface area contributed by atoms with Crippen LogP contribution in [0.4, 0.5) is 0 Å². The predicted molar refractivity (Wildman–Crippen MR) is 68.1 cm³/mol. The van der Waals surface area contributed by atoms with E-state index in [1.807, 2.05) is 13.8 Å². The van der Waals surface area contributed by atoms with Crippen molar-refractivity contribution in [3.63, 3.8) is 0 Å². The molecule has 1 aromatic rings. The van der Waals surface area contributed by atoms with Gasteiger partial charge in [-0.1, -0.05) is 6.07 Å². The lowest BCUT2D eigenvalue weighted by Gasteiger charge is -2.25. The van der Waals surface area contributed by atoms with Crippen LogP contribution in [-0.4, -0.2) is 37.4 Å². The topological polar surface area (TPSA) is 67.8 Å². The molecule has 0 saturated carbocycles. The second kappa shape index (κ2) is 5.73. The first-order valence-electron chi connectivity index (χ1n) is 5.58. The average Bonchev–Trinajstić information content (AvgIpc) is 2.28. The van der Waals surface area contributed by atoms with Crippen molar-refractivity contribution in [1.29, 1.82) is 0 Å². The summed E-state index contributed by atoms with van der Waals surface area (Å²) in [7, 11) is 3.00. The number of nitrogens with one attached hydrogen (secondary N) is 1. The van der Waals surface area contributed by atoms with Gasteiger partial charge in [-0.05, 0) is 26.0 Å². The highest BCUT2D eigenvalue weighted by Gasteiger charge is 2.23. The zero-order valence-corrected chi connectivity index (χ0v) is 11.1. The highest BCUT2D eigenvalue weighted by atomic mass is 16.5. The number of amides is 1. The number of carbonyl (C=O) groups excluding carboxylic acids is 1. The van der Waals surface area contributed by atoms with Crippen LogP contribution in [0.1, 0.15) is 24.2 Å². The lowest BCUT2D eigenvalue weighted by molar-refractivity contribution is 0.0817. The Kier molecular flexibility index (Phi) is 4.55. The Morgan fingerprint density at radius 3 is 2.61 bits per heavy atom. The summed E-state index contributed by atoms with van der Waals surface area (Å²) >= 11 is 0. The lowest BCUT2D eigenvalue weighted by atomic mass is 10.1. The van der Waals surface area contributed by atoms with Gasteiger partial charge < -0.3 is 19.9 Å². The highest BCUT2D eigenvalue weighted by molar-refractivity contribution is 5.98. The third kappa shape index (κ3) is 3.37. The van der Waals surface area contributed by atoms with E-state index < -0.39 is 5.54 Å². The molecular formula is C13H19NO4. The van der Waals surface area contributed by atoms with Crippen molar-refractivity contribution in [3.05, 3.63) is 23.8 Å². The average molecular weight is 253 g/mol. The molecule has 2 N–H and O–H groups in total. The van der Waals surface area contributed by atoms with Crippen LogP contribution in [-0.2, 0) is 4.74 Å². The van der Waals surface area contributed by atoms with Crippen molar-refractivity contribution in [2.45, 2.75) is 19.4 Å². The molecule has 100 valence electrons. The van der Waals surface area contributed by atoms with Crippen LogP contribution >= 0.6 is 0 Å². The van der Waals surface area contributed by atoms with Crippen molar-refractivity contribution in [3.8, 4) is 11.5 Å². The molecule has 0 atom stereocenters. The maximum absolute atomic E-state index is 12.0. The van der Waals surface area contributed by atoms with Gasteiger partial charge in [0.05, 0.1) is 24.8 Å². The van der Waals surface area contributed by atoms with Gasteiger partial charge in [0.1, 0.15) is 0 Å². The number of carbonyl (C=O) groups is 1. The number of benzene rings is 1. The third-order valence-electron chi connectivity index (χ3n) is 2.42. The molecule has 0 spiro atoms. The van der Waals surface area contributed by atoms with Gasteiger partial charge in [-0.3, -0.25) is 4.79 Å². The van der Waals surface area contributed by atoms with E-state index in [4.69, 9.17) is 9.47 Å². The molecular weight excluding hydrogens is 234 g/mol. The van der Waals surface area contributed by atoms with Crippen molar-refractivity contribution in [1.82, 2.24) is 5.32 Å². The molecule has 1 amide bonds. The van der Waals surface area contributed by atoms with Crippen molar-refractivity contribution in [2.24, 2.45) is 0 Å². The third-order valence-corrected chi connectivity index (χ3v) is 2.42. The summed E-state index contributed by atoms with van der Waals surface area (Å²) in [5.74, 6) is -0.258. The van der Waals surface area contributed by atoms with Gasteiger partial charge in [0.2, 0.25) is 0 Å². The molecule has 18 heavy (non-hydrogen) atoms. The Bertz CT molecular complexity index is 429. The number of aromatic hydroxyl groups is 1. The second-order valence-corrected chi connectivity index (χ2v) is 4.63. The summed E-state index contributed by atoms with van der Waals surface area (Å²) in [4.78, 5) is 12.0. The fourth-order valence-corrected chi connectivity index (χ4v) is 1.64. The fourth-order valence-electron chi connectivity index (χ4n) is 1.64. The number of phenolic OH excluding ortho intramolecular Hbond substituents is 1. The van der Waals surface area contributed by atoms with E-state index in [1.54, 1.807) is 19.2 Å². The SMILES string of the molecule is COCC(C)(C)NC(=O)c1cccc(OC)c1O. The molecule has 0 radical (unpaired) electrons. The summed E-state index contributed by atoms with van der Waals surface area (Å²) in [5, 5.41) is 12.7. The summed E-state index contributed by atoms with van der Waals surface area (Å²) < 4.78 is 9.98. The second-order valence-electron chi connectivity index (χ2n) is 4.63. The van der Waals surface area contributed by atoms with E-state index in [2.05, 4.69) is 5.32 Å². The van der Waals surface area contributed by atoms with Crippen molar-refractivity contribution < 1.29 is 19.4 Å². The zero-order valence-electron chi connectivity index (χ0n) is 11.1. The number of rotatable bonds is 5. The van der Waals surface area contributed by atoms with Crippen LogP contribution in [0.3, 0.4) is 0 Å². The van der Waals surface area contributed by atoms with E-state index in [9.17, 15) is 9.90 Å². The largest absolute Gasteiger partial charge is 0.504 e. The van der Waals surface area contributed by atoms with Crippen molar-refractivity contribution >= 4 is 5.91 Å². The Balaban J connectivity index is 2.91. The molecule has 5 heteroatoms. The minimum atomic E-state index is -0.513. The van der Waals surface area contributed by atoms with Crippen LogP contribution in [0.25, 0.3) is 0 Å². The molecule has 0 aliphatic heterocycles. The molecule has 0 fully saturated rings. The van der Waals surface area contributed by atoms with Gasteiger partial charge in [0.15, 0.2) is 11.5 Å². The number of hydrogen-bond donors (Lipinski definition) is 2. The van der Waals surface area contributed by atoms with Crippen LogP contribution in [0.2, 0.25) is 0 Å². The maximum atomic E-state index is 12.0. The Morgan fingerprint density at radius 2 is 2.06 bits per heavy atom. The highest BCUT2D eigenvalue weighted by Crippen LogP contribution is 2.29. The summed E-state index contributed by atoms with van der Waals surface area (Å²) in [5.41, 5.74) is -0.333. The standard InChI is InChI=1S/C13H19NO4/c1-13(2,8-17-3)14-12(16)9-6-5-7-10(18-4)11(9)15/h5-7,15H,8H2,1-4H3,(H,14,16). The minimum absolute atomic E-state index is 0.161. The van der Waals surface area contributed by atoms with Crippen LogP contribution < -0.4 is 10.1 Å². The molecule has 1 aromatic carbocycles. The molecule has 0 unspecified atom stereocenters. The molecule has 0 saturated heterocycles. The first-order valence-corrected chi connectivity index (χ1v) is 5.58. The number of hydrogen-bond acceptors (Lipinski definition) is 4. The Hall–Kier alpha value is -1.75. The van der Waals surface area contributed by atoms with Gasteiger partial charge >= 0.3 is 0 Å². The normalized spacial score (nSPS) is 11.1. The fraction of sp³-hybridized carbons (Fsp3) is 0.462. The van der Waals surface area contributed by atoms with E-state index in [1.165, 1.54) is 13.2 Å². The van der Waals surface area contributed by atoms with E-state index in [-0.39, 0.29) is 23.0 Å². The number of phenols is 1. The first-order chi connectivity index (χ1) is 8.41. The molecule has 0 heterocycles. The van der Waals surface area contributed by atoms with E-state index in [0.29, 0.717) is 6.61 Å². The molecule has 0 aliphatic rings. The summed E-state index contributed by atoms with van der Waals surface area (Å²) in [6, 6.07) is 4.78. The minimum Gasteiger partial charge on any atom is -0.504 e. The quantitative estimate of drug-likeness (QED) is 0.835. The molecule has 5 nitrogen and oxygen atoms in total. The summed E-state index contributed by atoms with van der Waals surface area (Å²) in [6.07, 6.45) is 0. The number of methoxy groups -OCH3 is 2. The lowest BCUT2D eigenvalue weighted by Crippen LogP contribution is -2.46. The Morgan fingerprint density at radius 1 is 1.39 bits per heavy atom. The summed E-state index contributed by atoms with van der Waals surface area (Å²) in [6.45, 7) is 4.06. The van der Waals surface area contributed by atoms with Gasteiger partial charge in [0.25, 0.3) is 5.91 Å². The first kappa shape index (κ1) is 14.3. The number of ether oxygens (including phenoxy) is 2. The van der Waals surface area contributed by atoms with Gasteiger partial charge in [-0.2, -0.15) is 0 Å². The van der Waals surface area contributed by atoms with E-state index in [0.717, 1.165) is 0 Å². The van der Waals surface area contributed by atoms with Crippen LogP contribution in [0.15, 0.2) is 18.2 Å². The van der Waals surface area contributed by atoms with Gasteiger partial charge in [0, 0.05) is 7.11 Å². The smallest absolute Gasteiger partial charge is 0.255 e. The van der Waals surface area contributed by atoms with Gasteiger partial charge in [-0.15, -0.1) is 0 Å². The molecule has 0 bridgehead atoms. The van der Waals surface area contributed by atoms with Gasteiger partial charge in [-0.25, -0.2) is 0 Å². The maximum Gasteiger partial charge on any atom is 0.255 e. The van der Waals surface area contributed by atoms with E-state index >= 15 is 0 Å². The zero-order chi connectivity index (χ0) is 13.8. The van der Waals surface area contributed by atoms with Crippen LogP contribution in [0.5, 0.6) is 11.5 Å². The van der Waals surface area contributed by atoms with Crippen molar-refractivity contribution in [2.75, 3.05) is 20.8 Å². The monoisotopic (exact) mass is 253 g/mol. The Labute approximate surface area is 107 Å². The molecule has 0 aromatic heterocycles.